The number of esters is 1. The molecule has 1 aliphatic carbocycles. The molecule has 0 saturated heterocycles. The van der Waals surface area contributed by atoms with Crippen molar-refractivity contribution in [2.75, 3.05) is 11.8 Å². The molecular weight excluding hydrogens is 510 g/mol. The number of hydrogen-bond acceptors (Lipinski definition) is 5. The lowest BCUT2D eigenvalue weighted by molar-refractivity contribution is 0.0600. The van der Waals surface area contributed by atoms with E-state index in [0.29, 0.717) is 23.3 Å². The number of nitrogens with one attached hydrogen (secondary N) is 2. The summed E-state index contributed by atoms with van der Waals surface area (Å²) >= 11 is 0. The van der Waals surface area contributed by atoms with Crippen LogP contribution in [0.5, 0.6) is 0 Å². The molecule has 2 N–H and O–H groups in total. The monoisotopic (exact) mass is 535 g/mol. The first-order chi connectivity index (χ1) is 18.9. The Bertz CT molecular complexity index is 1870. The average Bonchev–Trinajstić information content (AvgIpc) is 3.35. The maximum Gasteiger partial charge on any atom is 0.337 e. The van der Waals surface area contributed by atoms with Gasteiger partial charge in [-0.15, -0.1) is 0 Å². The highest BCUT2D eigenvalue weighted by molar-refractivity contribution is 7.93. The summed E-state index contributed by atoms with van der Waals surface area (Å²) in [6, 6.07) is 22.7. The minimum absolute atomic E-state index is 0.398. The normalized spacial score (nSPS) is 15.1. The SMILES string of the molecule is COC(=O)c1ccc(-c2cnc3[nH]c4ccc(NS(=O)(=O)C5C=CC=CC5)cc4c3c2-c2ccccc2)cc1. The number of aromatic amines is 1. The van der Waals surface area contributed by atoms with Crippen LogP contribution in [0.25, 0.3) is 44.2 Å². The lowest BCUT2D eigenvalue weighted by atomic mass is 9.92. The number of H-pyrrole nitrogens is 1. The molecule has 194 valence electrons. The molecule has 1 aliphatic rings. The maximum atomic E-state index is 13.1. The number of hydrogen-bond donors (Lipinski definition) is 2. The Hall–Kier alpha value is -4.69. The molecule has 1 atom stereocenters. The number of nitrogens with zero attached hydrogens (tertiary/aromatic N) is 1. The van der Waals surface area contributed by atoms with Crippen molar-refractivity contribution in [2.24, 2.45) is 0 Å². The first kappa shape index (κ1) is 24.6. The van der Waals surface area contributed by atoms with Gasteiger partial charge in [-0.25, -0.2) is 18.2 Å². The molecule has 0 radical (unpaired) electrons. The minimum atomic E-state index is -3.62. The smallest absolute Gasteiger partial charge is 0.337 e. The predicted molar refractivity (Wildman–Crippen MR) is 155 cm³/mol. The first-order valence-electron chi connectivity index (χ1n) is 12.5. The number of ether oxygens (including phenoxy) is 1. The Morgan fingerprint density at radius 1 is 1.00 bits per heavy atom. The molecule has 0 fully saturated rings. The largest absolute Gasteiger partial charge is 0.465 e. The number of carbonyl (C=O) groups is 1. The van der Waals surface area contributed by atoms with E-state index in [1.165, 1.54) is 7.11 Å². The standard InChI is InChI=1S/C31H25N3O4S/c1-38-31(35)22-14-12-20(13-15-22)26-19-32-30-29(28(26)21-8-4-2-5-9-21)25-18-23(16-17-27(25)33-30)34-39(36,37)24-10-6-3-7-11-24/h2-10,12-19,24,34H,11H2,1H3,(H,32,33). The quantitative estimate of drug-likeness (QED) is 0.243. The van der Waals surface area contributed by atoms with E-state index in [1.54, 1.807) is 30.4 Å². The van der Waals surface area contributed by atoms with E-state index in [0.717, 1.165) is 38.5 Å². The van der Waals surface area contributed by atoms with Gasteiger partial charge in [0.1, 0.15) is 10.9 Å². The van der Waals surface area contributed by atoms with Crippen LogP contribution >= 0.6 is 0 Å². The van der Waals surface area contributed by atoms with Gasteiger partial charge < -0.3 is 9.72 Å². The summed E-state index contributed by atoms with van der Waals surface area (Å²) in [6.07, 6.45) is 9.41. The number of fused-ring (bicyclic) bond motifs is 3. The summed E-state index contributed by atoms with van der Waals surface area (Å²) in [7, 11) is -2.26. The highest BCUT2D eigenvalue weighted by atomic mass is 32.2. The Balaban J connectivity index is 1.53. The number of rotatable bonds is 6. The Kier molecular flexibility index (Phi) is 6.24. The molecule has 0 aliphatic heterocycles. The van der Waals surface area contributed by atoms with Crippen LogP contribution in [0.2, 0.25) is 0 Å². The number of methoxy groups -OCH3 is 1. The van der Waals surface area contributed by atoms with Crippen LogP contribution < -0.4 is 4.72 Å². The fourth-order valence-corrected chi connectivity index (χ4v) is 6.24. The molecule has 2 aromatic heterocycles. The maximum absolute atomic E-state index is 13.1. The molecule has 2 heterocycles. The van der Waals surface area contributed by atoms with Gasteiger partial charge in [-0.05, 0) is 47.9 Å². The predicted octanol–water partition coefficient (Wildman–Crippen LogP) is 6.46. The van der Waals surface area contributed by atoms with E-state index in [2.05, 4.69) is 9.71 Å². The van der Waals surface area contributed by atoms with E-state index in [-0.39, 0.29) is 0 Å². The number of allylic oxidation sites excluding steroid dienone is 3. The van der Waals surface area contributed by atoms with Crippen molar-refractivity contribution < 1.29 is 17.9 Å². The molecule has 0 bridgehead atoms. The summed E-state index contributed by atoms with van der Waals surface area (Å²) in [5.41, 5.74) is 6.20. The molecule has 1 unspecified atom stereocenters. The summed E-state index contributed by atoms with van der Waals surface area (Å²) in [6.45, 7) is 0. The van der Waals surface area contributed by atoms with E-state index < -0.39 is 21.2 Å². The molecule has 39 heavy (non-hydrogen) atoms. The topological polar surface area (TPSA) is 101 Å². The first-order valence-corrected chi connectivity index (χ1v) is 14.0. The zero-order chi connectivity index (χ0) is 27.0. The van der Waals surface area contributed by atoms with Gasteiger partial charge in [0.05, 0.1) is 12.7 Å². The summed E-state index contributed by atoms with van der Waals surface area (Å²) in [5, 5.41) is 1.11. The van der Waals surface area contributed by atoms with Crippen LogP contribution in [-0.4, -0.2) is 36.7 Å². The molecular formula is C31H25N3O4S. The van der Waals surface area contributed by atoms with Crippen molar-refractivity contribution in [1.29, 1.82) is 0 Å². The molecule has 6 rings (SSSR count). The van der Waals surface area contributed by atoms with Crippen LogP contribution in [0.15, 0.2) is 103 Å². The molecule has 0 spiro atoms. The number of benzene rings is 3. The average molecular weight is 536 g/mol. The Morgan fingerprint density at radius 3 is 2.51 bits per heavy atom. The molecule has 0 amide bonds. The number of aromatic nitrogens is 2. The zero-order valence-corrected chi connectivity index (χ0v) is 21.9. The molecule has 5 aromatic rings. The van der Waals surface area contributed by atoms with Crippen LogP contribution in [0, 0.1) is 0 Å². The lowest BCUT2D eigenvalue weighted by Crippen LogP contribution is -2.26. The van der Waals surface area contributed by atoms with Crippen molar-refractivity contribution in [3.8, 4) is 22.3 Å². The van der Waals surface area contributed by atoms with Crippen molar-refractivity contribution in [1.82, 2.24) is 9.97 Å². The summed E-state index contributed by atoms with van der Waals surface area (Å²) < 4.78 is 33.8. The number of anilines is 1. The molecule has 7 nitrogen and oxygen atoms in total. The van der Waals surface area contributed by atoms with Crippen LogP contribution in [-0.2, 0) is 14.8 Å². The molecule has 3 aromatic carbocycles. The number of sulfonamides is 1. The van der Waals surface area contributed by atoms with E-state index in [4.69, 9.17) is 9.72 Å². The van der Waals surface area contributed by atoms with Gasteiger partial charge in [-0.1, -0.05) is 66.8 Å². The minimum Gasteiger partial charge on any atom is -0.465 e. The van der Waals surface area contributed by atoms with Gasteiger partial charge in [0.25, 0.3) is 0 Å². The van der Waals surface area contributed by atoms with Crippen molar-refractivity contribution >= 4 is 43.6 Å². The zero-order valence-electron chi connectivity index (χ0n) is 21.1. The van der Waals surface area contributed by atoms with Gasteiger partial charge in [0.2, 0.25) is 10.0 Å². The fourth-order valence-electron chi connectivity index (χ4n) is 4.97. The van der Waals surface area contributed by atoms with Crippen LogP contribution in [0.1, 0.15) is 16.8 Å². The number of carbonyl (C=O) groups excluding carboxylic acids is 1. The second-order valence-electron chi connectivity index (χ2n) is 9.33. The van der Waals surface area contributed by atoms with E-state index in [1.807, 2.05) is 72.9 Å². The third-order valence-corrected chi connectivity index (χ3v) is 8.57. The molecule has 8 heteroatoms. The van der Waals surface area contributed by atoms with Crippen molar-refractivity contribution in [3.63, 3.8) is 0 Å². The fraction of sp³-hybridized carbons (Fsp3) is 0.0968. The Labute approximate surface area is 225 Å². The van der Waals surface area contributed by atoms with Crippen LogP contribution in [0.3, 0.4) is 0 Å². The third-order valence-electron chi connectivity index (χ3n) is 6.90. The second-order valence-corrected chi connectivity index (χ2v) is 11.2. The van der Waals surface area contributed by atoms with E-state index in [9.17, 15) is 13.2 Å². The lowest BCUT2D eigenvalue weighted by Gasteiger charge is -2.16. The van der Waals surface area contributed by atoms with Gasteiger partial charge in [0, 0.05) is 39.3 Å². The van der Waals surface area contributed by atoms with Crippen molar-refractivity contribution in [3.05, 3.63) is 109 Å². The van der Waals surface area contributed by atoms with Crippen molar-refractivity contribution in [2.45, 2.75) is 11.7 Å². The number of pyridine rings is 1. The van der Waals surface area contributed by atoms with Gasteiger partial charge >= 0.3 is 5.97 Å². The molecule has 0 saturated carbocycles. The van der Waals surface area contributed by atoms with Crippen LogP contribution in [0.4, 0.5) is 5.69 Å². The van der Waals surface area contributed by atoms with Gasteiger partial charge in [-0.2, -0.15) is 0 Å². The van der Waals surface area contributed by atoms with Gasteiger partial charge in [0.15, 0.2) is 0 Å². The highest BCUT2D eigenvalue weighted by Crippen LogP contribution is 2.41. The summed E-state index contributed by atoms with van der Waals surface area (Å²) in [4.78, 5) is 20.1. The summed E-state index contributed by atoms with van der Waals surface area (Å²) in [5.74, 6) is -0.398. The van der Waals surface area contributed by atoms with Gasteiger partial charge in [-0.3, -0.25) is 4.72 Å². The second kappa shape index (κ2) is 9.89. The highest BCUT2D eigenvalue weighted by Gasteiger charge is 2.24. The third kappa shape index (κ3) is 4.59. The van der Waals surface area contributed by atoms with E-state index >= 15 is 0 Å². The Morgan fingerprint density at radius 2 is 1.79 bits per heavy atom.